The van der Waals surface area contributed by atoms with Gasteiger partial charge in [-0.25, -0.2) is 13.4 Å². The summed E-state index contributed by atoms with van der Waals surface area (Å²) in [6.07, 6.45) is 1.17. The Kier molecular flexibility index (Phi) is 4.16. The molecule has 0 aliphatic rings. The number of aromatic amines is 1. The Bertz CT molecular complexity index is 585. The Morgan fingerprint density at radius 1 is 1.41 bits per heavy atom. The second-order valence-electron chi connectivity index (χ2n) is 5.00. The van der Waals surface area contributed by atoms with Gasteiger partial charge in [-0.15, -0.1) is 0 Å². The summed E-state index contributed by atoms with van der Waals surface area (Å²) < 4.78 is 23.6. The van der Waals surface area contributed by atoms with Gasteiger partial charge in [-0.3, -0.25) is 0 Å². The minimum absolute atomic E-state index is 0.132. The van der Waals surface area contributed by atoms with E-state index in [1.807, 2.05) is 20.8 Å². The molecule has 0 aromatic carbocycles. The highest BCUT2D eigenvalue weighted by molar-refractivity contribution is 9.10. The van der Waals surface area contributed by atoms with Crippen molar-refractivity contribution in [2.24, 2.45) is 0 Å². The van der Waals surface area contributed by atoms with Crippen LogP contribution in [0.5, 0.6) is 0 Å². The van der Waals surface area contributed by atoms with E-state index in [9.17, 15) is 8.42 Å². The standard InChI is InChI=1S/C10H15BrN2O2S2/c1-10(2,3)8-7(11)9(16)13-6(12-8)5-17(4,14)15/h5H2,1-4H3,(H,12,13,16). The van der Waals surface area contributed by atoms with Gasteiger partial charge >= 0.3 is 0 Å². The van der Waals surface area contributed by atoms with Crippen LogP contribution in [0.15, 0.2) is 4.47 Å². The molecule has 96 valence electrons. The van der Waals surface area contributed by atoms with Crippen molar-refractivity contribution >= 4 is 38.0 Å². The zero-order valence-electron chi connectivity index (χ0n) is 10.2. The topological polar surface area (TPSA) is 62.8 Å². The molecule has 0 saturated heterocycles. The van der Waals surface area contributed by atoms with Crippen molar-refractivity contribution in [1.29, 1.82) is 0 Å². The van der Waals surface area contributed by atoms with Crippen LogP contribution in [0.2, 0.25) is 0 Å². The molecule has 17 heavy (non-hydrogen) atoms. The zero-order chi connectivity index (χ0) is 13.4. The summed E-state index contributed by atoms with van der Waals surface area (Å²) in [7, 11) is -3.12. The van der Waals surface area contributed by atoms with Crippen molar-refractivity contribution in [1.82, 2.24) is 9.97 Å². The second-order valence-corrected chi connectivity index (χ2v) is 8.32. The van der Waals surface area contributed by atoms with E-state index in [4.69, 9.17) is 12.2 Å². The third kappa shape index (κ3) is 4.15. The fourth-order valence-corrected chi connectivity index (χ4v) is 2.97. The van der Waals surface area contributed by atoms with Crippen LogP contribution in [0.3, 0.4) is 0 Å². The zero-order valence-corrected chi connectivity index (χ0v) is 13.4. The van der Waals surface area contributed by atoms with Crippen molar-refractivity contribution in [2.45, 2.75) is 31.9 Å². The Morgan fingerprint density at radius 3 is 2.35 bits per heavy atom. The highest BCUT2D eigenvalue weighted by atomic mass is 79.9. The predicted octanol–water partition coefficient (Wildman–Crippen LogP) is 2.74. The fourth-order valence-electron chi connectivity index (χ4n) is 1.34. The monoisotopic (exact) mass is 338 g/mol. The van der Waals surface area contributed by atoms with Crippen molar-refractivity contribution < 1.29 is 8.42 Å². The fraction of sp³-hybridized carbons (Fsp3) is 0.600. The molecule has 0 aliphatic carbocycles. The summed E-state index contributed by atoms with van der Waals surface area (Å²) in [6.45, 7) is 6.05. The van der Waals surface area contributed by atoms with Gasteiger partial charge in [0.1, 0.15) is 16.2 Å². The van der Waals surface area contributed by atoms with Crippen molar-refractivity contribution in [3.8, 4) is 0 Å². The average Bonchev–Trinajstić information content (AvgIpc) is 2.06. The lowest BCUT2D eigenvalue weighted by Crippen LogP contribution is -2.18. The third-order valence-electron chi connectivity index (χ3n) is 2.06. The van der Waals surface area contributed by atoms with Crippen molar-refractivity contribution in [3.63, 3.8) is 0 Å². The quantitative estimate of drug-likeness (QED) is 0.842. The van der Waals surface area contributed by atoms with E-state index in [1.165, 1.54) is 6.26 Å². The summed E-state index contributed by atoms with van der Waals surface area (Å²) in [5.74, 6) is 0.248. The van der Waals surface area contributed by atoms with E-state index in [-0.39, 0.29) is 11.2 Å². The summed E-state index contributed by atoms with van der Waals surface area (Å²) in [6, 6.07) is 0. The molecule has 0 spiro atoms. The van der Waals surface area contributed by atoms with Gasteiger partial charge in [-0.2, -0.15) is 0 Å². The SMILES string of the molecule is CC(C)(C)c1[nH]c(CS(C)(=O)=O)nc(=S)c1Br. The lowest BCUT2D eigenvalue weighted by atomic mass is 9.92. The lowest BCUT2D eigenvalue weighted by molar-refractivity contribution is 0.557. The average molecular weight is 339 g/mol. The Labute approximate surface area is 115 Å². The van der Waals surface area contributed by atoms with Gasteiger partial charge in [0.05, 0.1) is 4.47 Å². The smallest absolute Gasteiger partial charge is 0.154 e. The highest BCUT2D eigenvalue weighted by Gasteiger charge is 2.20. The predicted molar refractivity (Wildman–Crippen MR) is 74.4 cm³/mol. The number of rotatable bonds is 2. The van der Waals surface area contributed by atoms with Gasteiger partial charge in [0.15, 0.2) is 9.84 Å². The Balaban J connectivity index is 3.40. The first-order valence-electron chi connectivity index (χ1n) is 4.97. The molecule has 0 amide bonds. The van der Waals surface area contributed by atoms with Crippen LogP contribution in [-0.2, 0) is 21.0 Å². The molecule has 0 atom stereocenters. The molecule has 7 heteroatoms. The van der Waals surface area contributed by atoms with Gasteiger partial charge in [0.25, 0.3) is 0 Å². The summed E-state index contributed by atoms with van der Waals surface area (Å²) in [5.41, 5.74) is 0.692. The van der Waals surface area contributed by atoms with E-state index < -0.39 is 9.84 Å². The molecule has 0 unspecified atom stereocenters. The first-order chi connectivity index (χ1) is 7.50. The number of aromatic nitrogens is 2. The number of halogens is 1. The molecular weight excluding hydrogens is 324 g/mol. The van der Waals surface area contributed by atoms with Gasteiger partial charge in [-0.05, 0) is 15.9 Å². The molecule has 1 aromatic heterocycles. The number of nitrogens with zero attached hydrogens (tertiary/aromatic N) is 1. The van der Waals surface area contributed by atoms with E-state index in [0.29, 0.717) is 10.5 Å². The minimum atomic E-state index is -3.12. The Morgan fingerprint density at radius 2 is 1.94 bits per heavy atom. The van der Waals surface area contributed by atoms with Crippen LogP contribution >= 0.6 is 28.1 Å². The molecule has 1 rings (SSSR count). The van der Waals surface area contributed by atoms with Crippen LogP contribution in [0.4, 0.5) is 0 Å². The second kappa shape index (κ2) is 4.78. The summed E-state index contributed by atoms with van der Waals surface area (Å²) in [4.78, 5) is 7.11. The molecule has 1 heterocycles. The first-order valence-corrected chi connectivity index (χ1v) is 8.24. The molecular formula is C10H15BrN2O2S2. The molecule has 0 aliphatic heterocycles. The molecule has 0 saturated carbocycles. The van der Waals surface area contributed by atoms with Crippen molar-refractivity contribution in [3.05, 3.63) is 20.6 Å². The van der Waals surface area contributed by atoms with Gasteiger partial charge in [0, 0.05) is 17.4 Å². The van der Waals surface area contributed by atoms with Gasteiger partial charge < -0.3 is 4.98 Å². The van der Waals surface area contributed by atoms with Crippen LogP contribution in [-0.4, -0.2) is 24.6 Å². The van der Waals surface area contributed by atoms with E-state index >= 15 is 0 Å². The molecule has 0 bridgehead atoms. The number of sulfone groups is 1. The summed E-state index contributed by atoms with van der Waals surface area (Å²) >= 11 is 8.50. The van der Waals surface area contributed by atoms with Crippen LogP contribution in [0.25, 0.3) is 0 Å². The number of hydrogen-bond donors (Lipinski definition) is 1. The van der Waals surface area contributed by atoms with Gasteiger partial charge in [-0.1, -0.05) is 33.0 Å². The summed E-state index contributed by atoms with van der Waals surface area (Å²) in [5, 5.41) is 0. The number of hydrogen-bond acceptors (Lipinski definition) is 4. The minimum Gasteiger partial charge on any atom is -0.345 e. The molecule has 0 radical (unpaired) electrons. The van der Waals surface area contributed by atoms with Crippen LogP contribution < -0.4 is 0 Å². The maximum atomic E-state index is 11.3. The van der Waals surface area contributed by atoms with E-state index in [0.717, 1.165) is 10.2 Å². The molecule has 0 fully saturated rings. The van der Waals surface area contributed by atoms with Crippen molar-refractivity contribution in [2.75, 3.05) is 6.26 Å². The Hall–Kier alpha value is -0.270. The largest absolute Gasteiger partial charge is 0.345 e. The number of nitrogens with one attached hydrogen (secondary N) is 1. The van der Waals surface area contributed by atoms with Crippen LogP contribution in [0, 0.1) is 4.64 Å². The molecule has 1 aromatic rings. The molecule has 1 N–H and O–H groups in total. The maximum absolute atomic E-state index is 11.3. The first kappa shape index (κ1) is 14.8. The normalized spacial score (nSPS) is 12.8. The van der Waals surface area contributed by atoms with E-state index in [2.05, 4.69) is 25.9 Å². The van der Waals surface area contributed by atoms with Crippen LogP contribution in [0.1, 0.15) is 32.3 Å². The lowest BCUT2D eigenvalue weighted by Gasteiger charge is -2.21. The number of H-pyrrole nitrogens is 1. The highest BCUT2D eigenvalue weighted by Crippen LogP contribution is 2.28. The van der Waals surface area contributed by atoms with E-state index in [1.54, 1.807) is 0 Å². The third-order valence-corrected chi connectivity index (χ3v) is 4.19. The molecule has 4 nitrogen and oxygen atoms in total. The maximum Gasteiger partial charge on any atom is 0.154 e. The van der Waals surface area contributed by atoms with Gasteiger partial charge in [0.2, 0.25) is 0 Å².